The molecule has 0 fully saturated rings. The van der Waals surface area contributed by atoms with Gasteiger partial charge in [0.1, 0.15) is 0 Å². The van der Waals surface area contributed by atoms with Gasteiger partial charge in [-0.3, -0.25) is 0 Å². The summed E-state index contributed by atoms with van der Waals surface area (Å²) >= 11 is 1.66. The first-order valence-corrected chi connectivity index (χ1v) is 5.56. The highest BCUT2D eigenvalue weighted by Gasteiger charge is 2.07. The molecule has 15 heavy (non-hydrogen) atoms. The number of hydrogen-bond acceptors (Lipinski definition) is 3. The molecule has 2 aromatic heterocycles. The largest absolute Gasteiger partial charge is 0.462 e. The molecule has 1 aromatic carbocycles. The Morgan fingerprint density at radius 2 is 2.20 bits per heavy atom. The first-order valence-electron chi connectivity index (χ1n) is 4.74. The molecule has 0 N–H and O–H groups in total. The first-order chi connectivity index (χ1) is 7.33. The van der Waals surface area contributed by atoms with Crippen LogP contribution < -0.4 is 0 Å². The second-order valence-electron chi connectivity index (χ2n) is 3.47. The number of hydrogen-bond donors (Lipinski definition) is 0. The van der Waals surface area contributed by atoms with Gasteiger partial charge >= 0.3 is 0 Å². The summed E-state index contributed by atoms with van der Waals surface area (Å²) in [5.74, 6) is 0.842. The number of rotatable bonds is 1. The summed E-state index contributed by atoms with van der Waals surface area (Å²) in [6.07, 6.45) is 1.67. The predicted octanol–water partition coefficient (Wildman–Crippen LogP) is 3.86. The van der Waals surface area contributed by atoms with Gasteiger partial charge in [-0.05, 0) is 36.8 Å². The third-order valence-electron chi connectivity index (χ3n) is 2.28. The fraction of sp³-hybridized carbons (Fsp3) is 0.0833. The topological polar surface area (TPSA) is 26.0 Å². The lowest BCUT2D eigenvalue weighted by Crippen LogP contribution is -1.72. The summed E-state index contributed by atoms with van der Waals surface area (Å²) < 4.78 is 6.53. The lowest BCUT2D eigenvalue weighted by Gasteiger charge is -1.88. The van der Waals surface area contributed by atoms with Crippen LogP contribution in [0.1, 0.15) is 5.56 Å². The number of thiazole rings is 1. The molecular formula is C12H9NOS. The number of aryl methyl sites for hydroxylation is 1. The zero-order chi connectivity index (χ0) is 10.3. The lowest BCUT2D eigenvalue weighted by molar-refractivity contribution is 0.582. The van der Waals surface area contributed by atoms with Gasteiger partial charge in [0.15, 0.2) is 10.8 Å². The van der Waals surface area contributed by atoms with Crippen molar-refractivity contribution in [3.63, 3.8) is 0 Å². The van der Waals surface area contributed by atoms with E-state index < -0.39 is 0 Å². The summed E-state index contributed by atoms with van der Waals surface area (Å²) in [5, 5.41) is 0.945. The second-order valence-corrected chi connectivity index (χ2v) is 4.50. The SMILES string of the molecule is Cc1ccc2sc(-c3ccco3)nc2c1. The van der Waals surface area contributed by atoms with E-state index in [2.05, 4.69) is 30.1 Å². The lowest BCUT2D eigenvalue weighted by atomic mass is 10.2. The van der Waals surface area contributed by atoms with E-state index in [-0.39, 0.29) is 0 Å². The van der Waals surface area contributed by atoms with Crippen molar-refractivity contribution in [1.82, 2.24) is 4.98 Å². The van der Waals surface area contributed by atoms with Crippen molar-refractivity contribution in [3.8, 4) is 10.8 Å². The van der Waals surface area contributed by atoms with Gasteiger partial charge in [-0.2, -0.15) is 0 Å². The van der Waals surface area contributed by atoms with Gasteiger partial charge in [-0.15, -0.1) is 11.3 Å². The Bertz CT molecular complexity index is 595. The molecule has 0 atom stereocenters. The summed E-state index contributed by atoms with van der Waals surface area (Å²) in [5.41, 5.74) is 2.28. The highest BCUT2D eigenvalue weighted by molar-refractivity contribution is 7.21. The Morgan fingerprint density at radius 3 is 3.00 bits per heavy atom. The molecule has 3 rings (SSSR count). The van der Waals surface area contributed by atoms with Gasteiger partial charge in [-0.1, -0.05) is 6.07 Å². The Balaban J connectivity index is 2.22. The van der Waals surface area contributed by atoms with E-state index in [0.717, 1.165) is 16.3 Å². The molecule has 0 aliphatic rings. The normalized spacial score (nSPS) is 11.0. The molecular weight excluding hydrogens is 206 g/mol. The van der Waals surface area contributed by atoms with Gasteiger partial charge in [-0.25, -0.2) is 4.98 Å². The minimum Gasteiger partial charge on any atom is -0.462 e. The Kier molecular flexibility index (Phi) is 1.86. The van der Waals surface area contributed by atoms with Crippen molar-refractivity contribution in [3.05, 3.63) is 42.2 Å². The molecule has 74 valence electrons. The molecule has 2 nitrogen and oxygen atoms in total. The van der Waals surface area contributed by atoms with Crippen molar-refractivity contribution < 1.29 is 4.42 Å². The number of benzene rings is 1. The molecule has 0 aliphatic heterocycles. The Hall–Kier alpha value is -1.61. The summed E-state index contributed by atoms with van der Waals surface area (Å²) in [7, 11) is 0. The highest BCUT2D eigenvalue weighted by atomic mass is 32.1. The maximum Gasteiger partial charge on any atom is 0.162 e. The number of nitrogens with zero attached hydrogens (tertiary/aromatic N) is 1. The van der Waals surface area contributed by atoms with Crippen LogP contribution in [0.4, 0.5) is 0 Å². The number of aromatic nitrogens is 1. The van der Waals surface area contributed by atoms with E-state index in [1.54, 1.807) is 17.6 Å². The molecule has 2 heterocycles. The third-order valence-corrected chi connectivity index (χ3v) is 3.33. The molecule has 0 saturated carbocycles. The van der Waals surface area contributed by atoms with E-state index in [9.17, 15) is 0 Å². The maximum absolute atomic E-state index is 5.33. The smallest absolute Gasteiger partial charge is 0.162 e. The molecule has 3 heteroatoms. The van der Waals surface area contributed by atoms with Crippen LogP contribution in [-0.4, -0.2) is 4.98 Å². The van der Waals surface area contributed by atoms with Gasteiger partial charge < -0.3 is 4.42 Å². The molecule has 0 saturated heterocycles. The third kappa shape index (κ3) is 1.45. The monoisotopic (exact) mass is 215 g/mol. The molecule has 0 amide bonds. The number of furan rings is 1. The van der Waals surface area contributed by atoms with Gasteiger partial charge in [0.25, 0.3) is 0 Å². The highest BCUT2D eigenvalue weighted by Crippen LogP contribution is 2.30. The van der Waals surface area contributed by atoms with Crippen LogP contribution in [0.5, 0.6) is 0 Å². The van der Waals surface area contributed by atoms with Crippen molar-refractivity contribution in [2.45, 2.75) is 6.92 Å². The molecule has 0 unspecified atom stereocenters. The summed E-state index contributed by atoms with van der Waals surface area (Å²) in [6.45, 7) is 2.07. The number of fused-ring (bicyclic) bond motifs is 1. The van der Waals surface area contributed by atoms with E-state index >= 15 is 0 Å². The quantitative estimate of drug-likeness (QED) is 0.616. The fourth-order valence-corrected chi connectivity index (χ4v) is 2.46. The van der Waals surface area contributed by atoms with E-state index in [1.807, 2.05) is 12.1 Å². The average Bonchev–Trinajstić information content (AvgIpc) is 2.84. The molecule has 0 spiro atoms. The van der Waals surface area contributed by atoms with Crippen molar-refractivity contribution in [2.24, 2.45) is 0 Å². The van der Waals surface area contributed by atoms with Crippen LogP contribution in [0, 0.1) is 6.92 Å². The predicted molar refractivity (Wildman–Crippen MR) is 62.1 cm³/mol. The van der Waals surface area contributed by atoms with Crippen LogP contribution >= 0.6 is 11.3 Å². The van der Waals surface area contributed by atoms with Crippen LogP contribution in [0.3, 0.4) is 0 Å². The summed E-state index contributed by atoms with van der Waals surface area (Å²) in [4.78, 5) is 4.54. The standard InChI is InChI=1S/C12H9NOS/c1-8-4-5-11-9(7-8)13-12(15-11)10-3-2-6-14-10/h2-7H,1H3. The van der Waals surface area contributed by atoms with Crippen molar-refractivity contribution >= 4 is 21.6 Å². The van der Waals surface area contributed by atoms with E-state index in [4.69, 9.17) is 4.42 Å². The minimum absolute atomic E-state index is 0.842. The van der Waals surface area contributed by atoms with Gasteiger partial charge in [0.05, 0.1) is 16.5 Å². The van der Waals surface area contributed by atoms with Crippen molar-refractivity contribution in [2.75, 3.05) is 0 Å². The Morgan fingerprint density at radius 1 is 1.27 bits per heavy atom. The van der Waals surface area contributed by atoms with E-state index in [0.29, 0.717) is 0 Å². The zero-order valence-corrected chi connectivity index (χ0v) is 9.04. The van der Waals surface area contributed by atoms with Crippen LogP contribution in [0.15, 0.2) is 41.0 Å². The molecule has 0 radical (unpaired) electrons. The van der Waals surface area contributed by atoms with Gasteiger partial charge in [0.2, 0.25) is 0 Å². The van der Waals surface area contributed by atoms with Crippen LogP contribution in [0.25, 0.3) is 21.0 Å². The van der Waals surface area contributed by atoms with Gasteiger partial charge in [0, 0.05) is 0 Å². The second kappa shape index (κ2) is 3.21. The average molecular weight is 215 g/mol. The zero-order valence-electron chi connectivity index (χ0n) is 8.23. The van der Waals surface area contributed by atoms with Crippen LogP contribution in [-0.2, 0) is 0 Å². The molecule has 0 bridgehead atoms. The maximum atomic E-state index is 5.33. The van der Waals surface area contributed by atoms with Crippen molar-refractivity contribution in [1.29, 1.82) is 0 Å². The minimum atomic E-state index is 0.842. The van der Waals surface area contributed by atoms with E-state index in [1.165, 1.54) is 10.3 Å². The Labute approximate surface area is 91.2 Å². The molecule has 0 aliphatic carbocycles. The summed E-state index contributed by atoms with van der Waals surface area (Å²) in [6, 6.07) is 10.1. The van der Waals surface area contributed by atoms with Crippen LogP contribution in [0.2, 0.25) is 0 Å². The fourth-order valence-electron chi connectivity index (χ4n) is 1.54. The first kappa shape index (κ1) is 8.68. The molecule has 3 aromatic rings.